The molecule has 0 spiro atoms. The number of hydrogen-bond donors (Lipinski definition) is 0. The van der Waals surface area contributed by atoms with Gasteiger partial charge in [0, 0.05) is 5.65 Å². The van der Waals surface area contributed by atoms with Gasteiger partial charge in [-0.2, -0.15) is 54.5 Å². The summed E-state index contributed by atoms with van der Waals surface area (Å²) in [5.41, 5.74) is -1.50. The van der Waals surface area contributed by atoms with E-state index >= 15 is 0 Å². The standard InChI is InChI=1S/C8H6F3S.C7H6N3.U/c1-6-2-4-7(5-3-6)12-8(9,10)11;1-6-2-3-10-7(4-6)8-5-9-10;/h2-5H,1H2;2,4-5H,1H3;/q2*-1;+2. The average molecular weight is 561 g/mol. The van der Waals surface area contributed by atoms with Crippen LogP contribution in [0.25, 0.3) is 5.65 Å². The van der Waals surface area contributed by atoms with Gasteiger partial charge in [0.1, 0.15) is 6.33 Å². The minimum atomic E-state index is -4.21. The van der Waals surface area contributed by atoms with Crippen LogP contribution in [-0.2, 0) is 0 Å². The van der Waals surface area contributed by atoms with Gasteiger partial charge in [0.25, 0.3) is 0 Å². The van der Waals surface area contributed by atoms with E-state index in [9.17, 15) is 13.2 Å². The molecule has 0 fully saturated rings. The number of fused-ring (bicyclic) bond motifs is 1. The van der Waals surface area contributed by atoms with Crippen molar-refractivity contribution in [2.45, 2.75) is 17.3 Å². The average Bonchev–Trinajstić information content (AvgIpc) is 2.88. The number of alkyl halides is 3. The van der Waals surface area contributed by atoms with Gasteiger partial charge in [-0.25, -0.2) is 0 Å². The summed E-state index contributed by atoms with van der Waals surface area (Å²) < 4.78 is 37.0. The molecule has 0 unspecified atom stereocenters. The molecule has 23 heavy (non-hydrogen) atoms. The molecule has 0 saturated heterocycles. The Balaban J connectivity index is 0.000000223. The van der Waals surface area contributed by atoms with E-state index in [1.807, 2.05) is 19.1 Å². The van der Waals surface area contributed by atoms with Gasteiger partial charge in [-0.1, -0.05) is 13.1 Å². The molecule has 0 atom stereocenters. The maximum Gasteiger partial charge on any atom is 2.00 e. The molecule has 0 aliphatic heterocycles. The molecule has 3 rings (SSSR count). The van der Waals surface area contributed by atoms with Crippen LogP contribution in [0.4, 0.5) is 13.2 Å². The summed E-state index contributed by atoms with van der Waals surface area (Å²) in [4.78, 5) is 4.19. The van der Waals surface area contributed by atoms with Gasteiger partial charge in [0.2, 0.25) is 0 Å². The van der Waals surface area contributed by atoms with Crippen LogP contribution in [0.2, 0.25) is 0 Å². The number of aromatic nitrogens is 3. The number of nitrogens with zero attached hydrogens (tertiary/aromatic N) is 3. The van der Waals surface area contributed by atoms with Crippen LogP contribution in [-0.4, -0.2) is 20.1 Å². The molecule has 0 saturated carbocycles. The van der Waals surface area contributed by atoms with Gasteiger partial charge in [-0.05, 0) is 16.7 Å². The molecule has 0 aliphatic rings. The Morgan fingerprint density at radius 2 is 1.87 bits per heavy atom. The zero-order valence-corrected chi connectivity index (χ0v) is 17.1. The Bertz CT molecular complexity index is 742. The zero-order valence-electron chi connectivity index (χ0n) is 12.1. The van der Waals surface area contributed by atoms with Crippen LogP contribution in [0.5, 0.6) is 0 Å². The summed E-state index contributed by atoms with van der Waals surface area (Å²) in [6, 6.07) is 9.74. The first-order valence-electron chi connectivity index (χ1n) is 6.19. The van der Waals surface area contributed by atoms with Gasteiger partial charge in [-0.3, -0.25) is 4.98 Å². The van der Waals surface area contributed by atoms with E-state index in [1.54, 1.807) is 16.6 Å². The van der Waals surface area contributed by atoms with E-state index in [4.69, 9.17) is 0 Å². The quantitative estimate of drug-likeness (QED) is 0.328. The summed E-state index contributed by atoms with van der Waals surface area (Å²) in [6.07, 6.45) is 4.46. The number of benzene rings is 1. The fourth-order valence-corrected chi connectivity index (χ4v) is 2.09. The molecule has 0 bridgehead atoms. The van der Waals surface area contributed by atoms with Gasteiger partial charge < -0.3 is 4.52 Å². The Morgan fingerprint density at radius 1 is 1.22 bits per heavy atom. The van der Waals surface area contributed by atoms with Crippen LogP contribution in [0, 0.1) is 51.2 Å². The van der Waals surface area contributed by atoms with Crippen molar-refractivity contribution in [3.05, 3.63) is 67.0 Å². The SMILES string of the molecule is Cc1c[c-]n2ncnc2c1.[CH2-]c1ccc(SC(F)(F)F)cc1.[U+2]. The van der Waals surface area contributed by atoms with Crippen LogP contribution < -0.4 is 0 Å². The third-order valence-electron chi connectivity index (χ3n) is 2.50. The minimum Gasteiger partial charge on any atom is -0.331 e. The number of aryl methyl sites for hydroxylation is 1. The molecular formula is C15H12F3N3SU. The first-order chi connectivity index (χ1) is 10.3. The summed E-state index contributed by atoms with van der Waals surface area (Å²) in [7, 11) is 0. The maximum atomic E-state index is 11.8. The Labute approximate surface area is 160 Å². The van der Waals surface area contributed by atoms with Gasteiger partial charge in [-0.15, -0.1) is 18.2 Å². The molecule has 1 aromatic carbocycles. The molecule has 0 amide bonds. The molecule has 0 radical (unpaired) electrons. The number of hydrogen-bond acceptors (Lipinski definition) is 3. The predicted octanol–water partition coefficient (Wildman–Crippen LogP) is 4.32. The minimum absolute atomic E-state index is 0. The second-order valence-electron chi connectivity index (χ2n) is 4.38. The fraction of sp³-hybridized carbons (Fsp3) is 0.133. The normalized spacial score (nSPS) is 10.6. The second kappa shape index (κ2) is 8.67. The number of thioether (sulfide) groups is 1. The van der Waals surface area contributed by atoms with Gasteiger partial charge >= 0.3 is 36.6 Å². The Kier molecular flexibility index (Phi) is 7.52. The van der Waals surface area contributed by atoms with Crippen molar-refractivity contribution >= 4 is 17.4 Å². The Morgan fingerprint density at radius 3 is 2.48 bits per heavy atom. The fourth-order valence-electron chi connectivity index (χ4n) is 1.55. The zero-order chi connectivity index (χ0) is 16.2. The smallest absolute Gasteiger partial charge is 0.331 e. The van der Waals surface area contributed by atoms with E-state index in [0.29, 0.717) is 5.56 Å². The van der Waals surface area contributed by atoms with E-state index in [0.717, 1.165) is 11.2 Å². The third-order valence-corrected chi connectivity index (χ3v) is 3.24. The predicted molar refractivity (Wildman–Crippen MR) is 79.4 cm³/mol. The van der Waals surface area contributed by atoms with Crippen molar-refractivity contribution in [1.82, 2.24) is 14.6 Å². The van der Waals surface area contributed by atoms with Crippen molar-refractivity contribution in [3.8, 4) is 0 Å². The van der Waals surface area contributed by atoms with E-state index in [-0.39, 0.29) is 47.8 Å². The first kappa shape index (κ1) is 19.9. The largest absolute Gasteiger partial charge is 2.00 e. The van der Waals surface area contributed by atoms with Crippen molar-refractivity contribution < 1.29 is 44.3 Å². The molecule has 3 nitrogen and oxygen atoms in total. The number of pyridine rings is 1. The van der Waals surface area contributed by atoms with Crippen LogP contribution in [0.3, 0.4) is 0 Å². The molecule has 2 heterocycles. The molecule has 8 heteroatoms. The summed E-state index contributed by atoms with van der Waals surface area (Å²) in [5.74, 6) is 0. The molecule has 0 N–H and O–H groups in total. The summed E-state index contributed by atoms with van der Waals surface area (Å²) in [5, 5.41) is 3.91. The maximum absolute atomic E-state index is 11.8. The van der Waals surface area contributed by atoms with Crippen LogP contribution in [0.1, 0.15) is 11.1 Å². The van der Waals surface area contributed by atoms with Crippen LogP contribution >= 0.6 is 11.8 Å². The molecule has 0 aliphatic carbocycles. The number of halogens is 3. The molecular weight excluding hydrogens is 549 g/mol. The van der Waals surface area contributed by atoms with Crippen LogP contribution in [0.15, 0.2) is 47.6 Å². The van der Waals surface area contributed by atoms with Crippen molar-refractivity contribution in [2.24, 2.45) is 0 Å². The topological polar surface area (TPSA) is 30.2 Å². The Hall–Kier alpha value is -1.10. The molecule has 118 valence electrons. The van der Waals surface area contributed by atoms with E-state index in [1.165, 1.54) is 18.5 Å². The van der Waals surface area contributed by atoms with Crippen molar-refractivity contribution in [1.29, 1.82) is 0 Å². The third kappa shape index (κ3) is 6.90. The first-order valence-corrected chi connectivity index (χ1v) is 7.01. The monoisotopic (exact) mass is 561 g/mol. The van der Waals surface area contributed by atoms with Gasteiger partial charge in [0.15, 0.2) is 0 Å². The summed E-state index contributed by atoms with van der Waals surface area (Å²) in [6.45, 7) is 5.57. The number of rotatable bonds is 1. The van der Waals surface area contributed by atoms with Crippen molar-refractivity contribution in [3.63, 3.8) is 0 Å². The molecule has 3 aromatic rings. The van der Waals surface area contributed by atoms with E-state index in [2.05, 4.69) is 23.2 Å². The van der Waals surface area contributed by atoms with Gasteiger partial charge in [0.05, 0.1) is 0 Å². The second-order valence-corrected chi connectivity index (χ2v) is 5.52. The summed E-state index contributed by atoms with van der Waals surface area (Å²) >= 11 is -0.118. The molecule has 2 aromatic heterocycles. The van der Waals surface area contributed by atoms with E-state index < -0.39 is 5.51 Å². The van der Waals surface area contributed by atoms with Crippen molar-refractivity contribution in [2.75, 3.05) is 0 Å².